The van der Waals surface area contributed by atoms with Crippen LogP contribution in [0.5, 0.6) is 5.75 Å². The van der Waals surface area contributed by atoms with Gasteiger partial charge in [-0.05, 0) is 73.3 Å². The number of hydrogen-bond donors (Lipinski definition) is 0. The number of likely N-dealkylation sites (tertiary alicyclic amines) is 1. The summed E-state index contributed by atoms with van der Waals surface area (Å²) in [5, 5.41) is 0. The maximum Gasteiger partial charge on any atom is 0.227 e. The van der Waals surface area contributed by atoms with Gasteiger partial charge in [0.25, 0.3) is 0 Å². The molecule has 2 aliphatic carbocycles. The normalized spacial score (nSPS) is 26.8. The van der Waals surface area contributed by atoms with Crippen LogP contribution in [-0.2, 0) is 22.6 Å². The predicted octanol–water partition coefficient (Wildman–Crippen LogP) is 4.10. The number of anilines is 1. The Kier molecular flexibility index (Phi) is 7.02. The largest absolute Gasteiger partial charge is 0.493 e. The van der Waals surface area contributed by atoms with Crippen molar-refractivity contribution in [2.75, 3.05) is 44.8 Å². The standard InChI is InChI=1S/C29H37FN4O3/c1-36-18-19-14-31-29(32-15-19)33-7-4-20(5-8-33)26-11-21(26)6-9-37-25-3-2-22(27(30)13-25)12-28(35)34-16-23-10-24(23)17-34/h2-3,13-15,20-21,23-24,26H,4-12,16-18H2,1H3/t21-,23?,24?,26-/m1/s1. The summed E-state index contributed by atoms with van der Waals surface area (Å²) in [5.74, 6) is 4.69. The zero-order valence-electron chi connectivity index (χ0n) is 21.7. The Bertz CT molecular complexity index is 1090. The molecule has 37 heavy (non-hydrogen) atoms. The summed E-state index contributed by atoms with van der Waals surface area (Å²) in [6, 6.07) is 4.95. The third-order valence-corrected chi connectivity index (χ3v) is 8.86. The molecule has 4 aliphatic rings. The van der Waals surface area contributed by atoms with Crippen LogP contribution >= 0.6 is 0 Å². The molecule has 0 N–H and O–H groups in total. The highest BCUT2D eigenvalue weighted by atomic mass is 19.1. The minimum Gasteiger partial charge on any atom is -0.493 e. The molecule has 198 valence electrons. The number of ether oxygens (including phenoxy) is 2. The van der Waals surface area contributed by atoms with Gasteiger partial charge < -0.3 is 19.3 Å². The summed E-state index contributed by atoms with van der Waals surface area (Å²) >= 11 is 0. The average Bonchev–Trinajstić information content (AvgIpc) is 3.82. The molecule has 6 rings (SSSR count). The van der Waals surface area contributed by atoms with Crippen molar-refractivity contribution in [1.82, 2.24) is 14.9 Å². The molecule has 1 aromatic carbocycles. The number of rotatable bonds is 10. The van der Waals surface area contributed by atoms with Crippen molar-refractivity contribution >= 4 is 11.9 Å². The van der Waals surface area contributed by atoms with Gasteiger partial charge in [-0.15, -0.1) is 0 Å². The fourth-order valence-electron chi connectivity index (χ4n) is 6.43. The number of fused-ring (bicyclic) bond motifs is 1. The van der Waals surface area contributed by atoms with Gasteiger partial charge in [0.1, 0.15) is 11.6 Å². The zero-order valence-corrected chi connectivity index (χ0v) is 21.7. The second-order valence-corrected chi connectivity index (χ2v) is 11.4. The van der Waals surface area contributed by atoms with Crippen LogP contribution < -0.4 is 9.64 Å². The van der Waals surface area contributed by atoms with Crippen molar-refractivity contribution < 1.29 is 18.7 Å². The van der Waals surface area contributed by atoms with Gasteiger partial charge in [0.15, 0.2) is 0 Å². The summed E-state index contributed by atoms with van der Waals surface area (Å²) in [4.78, 5) is 25.7. The van der Waals surface area contributed by atoms with Crippen LogP contribution in [0.1, 0.15) is 43.2 Å². The Balaban J connectivity index is 0.902. The number of piperidine rings is 2. The van der Waals surface area contributed by atoms with E-state index in [1.165, 1.54) is 31.7 Å². The topological polar surface area (TPSA) is 67.8 Å². The number of hydrogen-bond acceptors (Lipinski definition) is 6. The van der Waals surface area contributed by atoms with Crippen molar-refractivity contribution in [3.8, 4) is 5.75 Å². The fourth-order valence-corrected chi connectivity index (χ4v) is 6.43. The second-order valence-electron chi connectivity index (χ2n) is 11.4. The smallest absolute Gasteiger partial charge is 0.227 e. The fraction of sp³-hybridized carbons (Fsp3) is 0.621. The minimum atomic E-state index is -0.344. The summed E-state index contributed by atoms with van der Waals surface area (Å²) < 4.78 is 25.6. The number of carbonyl (C=O) groups is 1. The molecule has 1 amide bonds. The van der Waals surface area contributed by atoms with E-state index < -0.39 is 0 Å². The highest BCUT2D eigenvalue weighted by Crippen LogP contribution is 2.50. The van der Waals surface area contributed by atoms with Crippen LogP contribution in [0, 0.1) is 35.4 Å². The molecule has 7 nitrogen and oxygen atoms in total. The van der Waals surface area contributed by atoms with E-state index in [9.17, 15) is 9.18 Å². The number of carbonyl (C=O) groups excluding carboxylic acids is 1. The molecule has 0 spiro atoms. The molecule has 2 saturated carbocycles. The first-order valence-electron chi connectivity index (χ1n) is 13.8. The van der Waals surface area contributed by atoms with Gasteiger partial charge in [-0.25, -0.2) is 14.4 Å². The van der Waals surface area contributed by atoms with Gasteiger partial charge in [0.05, 0.1) is 19.6 Å². The SMILES string of the molecule is COCc1cnc(N2CCC([C@H]3C[C@H]3CCOc3ccc(CC(=O)N4CC5CC5C4)c(F)c3)CC2)nc1. The summed E-state index contributed by atoms with van der Waals surface area (Å²) in [6.07, 6.45) is 9.72. The van der Waals surface area contributed by atoms with Crippen molar-refractivity contribution in [1.29, 1.82) is 0 Å². The molecule has 3 heterocycles. The Labute approximate surface area is 218 Å². The van der Waals surface area contributed by atoms with Crippen LogP contribution in [0.3, 0.4) is 0 Å². The molecule has 0 radical (unpaired) electrons. The highest BCUT2D eigenvalue weighted by molar-refractivity contribution is 5.79. The van der Waals surface area contributed by atoms with Gasteiger partial charge in [0.2, 0.25) is 11.9 Å². The Morgan fingerprint density at radius 3 is 2.54 bits per heavy atom. The third-order valence-electron chi connectivity index (χ3n) is 8.86. The maximum atomic E-state index is 14.6. The summed E-state index contributed by atoms with van der Waals surface area (Å²) in [7, 11) is 1.68. The first-order valence-corrected chi connectivity index (χ1v) is 13.8. The number of amides is 1. The number of methoxy groups -OCH3 is 1. The van der Waals surface area contributed by atoms with E-state index in [1.54, 1.807) is 19.2 Å². The molecule has 4 atom stereocenters. The molecule has 0 bridgehead atoms. The minimum absolute atomic E-state index is 0.0397. The molecule has 8 heteroatoms. The molecule has 2 aliphatic heterocycles. The second kappa shape index (κ2) is 10.6. The number of aromatic nitrogens is 2. The zero-order chi connectivity index (χ0) is 25.4. The van der Waals surface area contributed by atoms with E-state index >= 15 is 0 Å². The van der Waals surface area contributed by atoms with Crippen molar-refractivity contribution in [2.45, 2.75) is 45.1 Å². The van der Waals surface area contributed by atoms with Crippen molar-refractivity contribution in [2.24, 2.45) is 29.6 Å². The summed E-state index contributed by atoms with van der Waals surface area (Å²) in [6.45, 7) is 4.85. The van der Waals surface area contributed by atoms with Crippen molar-refractivity contribution in [3.63, 3.8) is 0 Å². The number of nitrogens with zero attached hydrogens (tertiary/aromatic N) is 4. The lowest BCUT2D eigenvalue weighted by atomic mass is 9.90. The van der Waals surface area contributed by atoms with Crippen LogP contribution in [-0.4, -0.2) is 60.7 Å². The maximum absolute atomic E-state index is 14.6. The van der Waals surface area contributed by atoms with Crippen LogP contribution in [0.4, 0.5) is 10.3 Å². The highest BCUT2D eigenvalue weighted by Gasteiger charge is 2.46. The quantitative estimate of drug-likeness (QED) is 0.481. The molecule has 2 saturated heterocycles. The van der Waals surface area contributed by atoms with Gasteiger partial charge in [-0.2, -0.15) is 0 Å². The monoisotopic (exact) mass is 508 g/mol. The Hall–Kier alpha value is -2.74. The Morgan fingerprint density at radius 2 is 1.84 bits per heavy atom. The lowest BCUT2D eigenvalue weighted by Gasteiger charge is -2.32. The van der Waals surface area contributed by atoms with Gasteiger partial charge >= 0.3 is 0 Å². The van der Waals surface area contributed by atoms with E-state index in [-0.39, 0.29) is 18.1 Å². The molecule has 2 aromatic rings. The molecule has 1 aromatic heterocycles. The molecular weight excluding hydrogens is 471 g/mol. The van der Waals surface area contributed by atoms with E-state index in [4.69, 9.17) is 9.47 Å². The van der Waals surface area contributed by atoms with Gasteiger partial charge in [-0.1, -0.05) is 6.07 Å². The first-order chi connectivity index (χ1) is 18.1. The predicted molar refractivity (Wildman–Crippen MR) is 138 cm³/mol. The number of benzene rings is 1. The lowest BCUT2D eigenvalue weighted by Crippen LogP contribution is -2.35. The lowest BCUT2D eigenvalue weighted by molar-refractivity contribution is -0.130. The van der Waals surface area contributed by atoms with E-state index in [0.717, 1.165) is 55.9 Å². The third kappa shape index (κ3) is 5.74. The summed E-state index contributed by atoms with van der Waals surface area (Å²) in [5.41, 5.74) is 1.45. The van der Waals surface area contributed by atoms with Crippen LogP contribution in [0.25, 0.3) is 0 Å². The van der Waals surface area contributed by atoms with Gasteiger partial charge in [0, 0.05) is 57.3 Å². The average molecular weight is 509 g/mol. The van der Waals surface area contributed by atoms with Crippen LogP contribution in [0.2, 0.25) is 0 Å². The van der Waals surface area contributed by atoms with E-state index in [0.29, 0.717) is 42.3 Å². The van der Waals surface area contributed by atoms with E-state index in [1.807, 2.05) is 17.3 Å². The van der Waals surface area contributed by atoms with Gasteiger partial charge in [-0.3, -0.25) is 4.79 Å². The number of halogens is 1. The molecular formula is C29H37FN4O3. The molecule has 4 fully saturated rings. The van der Waals surface area contributed by atoms with E-state index in [2.05, 4.69) is 14.9 Å². The Morgan fingerprint density at radius 1 is 1.08 bits per heavy atom. The van der Waals surface area contributed by atoms with Crippen molar-refractivity contribution in [3.05, 3.63) is 47.5 Å². The first kappa shape index (κ1) is 24.6. The molecule has 2 unspecified atom stereocenters. The van der Waals surface area contributed by atoms with Crippen LogP contribution in [0.15, 0.2) is 30.6 Å².